The van der Waals surface area contributed by atoms with Crippen LogP contribution in [0.1, 0.15) is 6.92 Å². The highest BCUT2D eigenvalue weighted by molar-refractivity contribution is 5.86. The van der Waals surface area contributed by atoms with E-state index in [0.29, 0.717) is 5.57 Å². The molecule has 0 aromatic rings. The van der Waals surface area contributed by atoms with Crippen LogP contribution in [-0.4, -0.2) is 48.1 Å². The van der Waals surface area contributed by atoms with Gasteiger partial charge in [0.1, 0.15) is 5.82 Å². The molecule has 1 saturated heterocycles. The molecule has 1 heterocycles. The van der Waals surface area contributed by atoms with E-state index in [1.165, 1.54) is 0 Å². The Morgan fingerprint density at radius 2 is 1.75 bits per heavy atom. The van der Waals surface area contributed by atoms with Gasteiger partial charge in [-0.2, -0.15) is 0 Å². The number of aliphatic carboxylic acids is 1. The van der Waals surface area contributed by atoms with Gasteiger partial charge in [0.2, 0.25) is 0 Å². The van der Waals surface area contributed by atoms with Crippen LogP contribution in [0.5, 0.6) is 0 Å². The molecule has 0 aromatic heterocycles. The number of carboxylic acids is 1. The van der Waals surface area contributed by atoms with Crippen LogP contribution in [-0.2, 0) is 4.79 Å². The van der Waals surface area contributed by atoms with E-state index in [1.54, 1.807) is 6.92 Å². The summed E-state index contributed by atoms with van der Waals surface area (Å²) >= 11 is 0. The van der Waals surface area contributed by atoms with Crippen LogP contribution in [0.25, 0.3) is 0 Å². The summed E-state index contributed by atoms with van der Waals surface area (Å²) in [6.45, 7) is 3.43. The van der Waals surface area contributed by atoms with E-state index in [-0.39, 0.29) is 0 Å². The third-order valence-electron chi connectivity index (χ3n) is 2.15. The predicted molar refractivity (Wildman–Crippen MR) is 45.6 cm³/mol. The van der Waals surface area contributed by atoms with Crippen molar-refractivity contribution >= 4 is 5.97 Å². The molecule has 1 rings (SSSR count). The first-order valence-corrected chi connectivity index (χ1v) is 3.90. The van der Waals surface area contributed by atoms with Gasteiger partial charge in [0.15, 0.2) is 0 Å². The Morgan fingerprint density at radius 3 is 2.08 bits per heavy atom. The van der Waals surface area contributed by atoms with Crippen molar-refractivity contribution in [2.24, 2.45) is 0 Å². The summed E-state index contributed by atoms with van der Waals surface area (Å²) < 4.78 is 0. The first-order valence-electron chi connectivity index (χ1n) is 3.90. The Kier molecular flexibility index (Phi) is 2.26. The zero-order chi connectivity index (χ0) is 9.30. The standard InChI is InChI=1S/C8H14N2O2/c1-6(8(11)12)7-9(2)4-5-10(7)3/h4-5H2,1-3H3,(H,11,12). The van der Waals surface area contributed by atoms with Crippen LogP contribution >= 0.6 is 0 Å². The summed E-state index contributed by atoms with van der Waals surface area (Å²) in [4.78, 5) is 14.6. The van der Waals surface area contributed by atoms with E-state index in [0.717, 1.165) is 18.9 Å². The number of hydrogen-bond acceptors (Lipinski definition) is 3. The molecule has 1 aliphatic rings. The second-order valence-electron chi connectivity index (χ2n) is 3.10. The Balaban J connectivity index is 2.97. The molecular formula is C8H14N2O2. The number of nitrogens with zero attached hydrogens (tertiary/aromatic N) is 2. The summed E-state index contributed by atoms with van der Waals surface area (Å²) in [6, 6.07) is 0. The van der Waals surface area contributed by atoms with Gasteiger partial charge in [-0.05, 0) is 6.92 Å². The van der Waals surface area contributed by atoms with Crippen LogP contribution in [0, 0.1) is 0 Å². The fourth-order valence-electron chi connectivity index (χ4n) is 1.47. The first kappa shape index (κ1) is 8.90. The summed E-state index contributed by atoms with van der Waals surface area (Å²) in [7, 11) is 3.82. The van der Waals surface area contributed by atoms with E-state index < -0.39 is 5.97 Å². The van der Waals surface area contributed by atoms with Crippen LogP contribution in [0.15, 0.2) is 11.4 Å². The van der Waals surface area contributed by atoms with Gasteiger partial charge in [0, 0.05) is 27.2 Å². The van der Waals surface area contributed by atoms with Crippen LogP contribution < -0.4 is 0 Å². The summed E-state index contributed by atoms with van der Waals surface area (Å²) in [5.74, 6) is -0.0203. The minimum Gasteiger partial charge on any atom is -0.478 e. The molecule has 1 fully saturated rings. The second kappa shape index (κ2) is 3.05. The van der Waals surface area contributed by atoms with Crippen molar-refractivity contribution in [1.29, 1.82) is 0 Å². The Labute approximate surface area is 72.1 Å². The number of rotatable bonds is 1. The van der Waals surface area contributed by atoms with Crippen molar-refractivity contribution in [2.75, 3.05) is 27.2 Å². The molecule has 0 aliphatic carbocycles. The Hall–Kier alpha value is -1.19. The van der Waals surface area contributed by atoms with Gasteiger partial charge in [-0.1, -0.05) is 0 Å². The average molecular weight is 170 g/mol. The van der Waals surface area contributed by atoms with Gasteiger partial charge in [0.05, 0.1) is 5.57 Å². The van der Waals surface area contributed by atoms with E-state index in [1.807, 2.05) is 23.9 Å². The molecule has 0 unspecified atom stereocenters. The molecule has 0 saturated carbocycles. The Bertz CT molecular complexity index is 223. The lowest BCUT2D eigenvalue weighted by atomic mass is 10.3. The van der Waals surface area contributed by atoms with Gasteiger partial charge < -0.3 is 14.9 Å². The highest BCUT2D eigenvalue weighted by Gasteiger charge is 2.22. The maximum Gasteiger partial charge on any atom is 0.334 e. The molecule has 4 nitrogen and oxygen atoms in total. The lowest BCUT2D eigenvalue weighted by molar-refractivity contribution is -0.132. The fraction of sp³-hybridized carbons (Fsp3) is 0.625. The average Bonchev–Trinajstić information content (AvgIpc) is 2.30. The smallest absolute Gasteiger partial charge is 0.334 e. The highest BCUT2D eigenvalue weighted by Crippen LogP contribution is 2.17. The molecule has 0 amide bonds. The maximum atomic E-state index is 10.7. The van der Waals surface area contributed by atoms with Crippen LogP contribution in [0.4, 0.5) is 0 Å². The normalized spacial score (nSPS) is 17.1. The summed E-state index contributed by atoms with van der Waals surface area (Å²) in [5, 5.41) is 8.77. The molecule has 1 N–H and O–H groups in total. The molecule has 0 atom stereocenters. The number of carbonyl (C=O) groups is 1. The van der Waals surface area contributed by atoms with Gasteiger partial charge in [-0.25, -0.2) is 4.79 Å². The second-order valence-corrected chi connectivity index (χ2v) is 3.10. The zero-order valence-corrected chi connectivity index (χ0v) is 7.66. The largest absolute Gasteiger partial charge is 0.478 e. The molecule has 12 heavy (non-hydrogen) atoms. The van der Waals surface area contributed by atoms with E-state index in [9.17, 15) is 4.79 Å². The van der Waals surface area contributed by atoms with Crippen molar-refractivity contribution in [1.82, 2.24) is 9.80 Å². The molecule has 0 aromatic carbocycles. The van der Waals surface area contributed by atoms with Crippen molar-refractivity contribution in [2.45, 2.75) is 6.92 Å². The SMILES string of the molecule is CC(C(=O)O)=C1N(C)CCN1C. The maximum absolute atomic E-state index is 10.7. The van der Waals surface area contributed by atoms with Crippen LogP contribution in [0.3, 0.4) is 0 Å². The lowest BCUT2D eigenvalue weighted by Gasteiger charge is -2.19. The monoisotopic (exact) mass is 170 g/mol. The molecule has 4 heteroatoms. The molecular weight excluding hydrogens is 156 g/mol. The van der Waals surface area contributed by atoms with Crippen molar-refractivity contribution < 1.29 is 9.90 Å². The lowest BCUT2D eigenvalue weighted by Crippen LogP contribution is -2.20. The predicted octanol–water partition coefficient (Wildman–Crippen LogP) is 0.180. The van der Waals surface area contributed by atoms with Gasteiger partial charge in [0.25, 0.3) is 0 Å². The number of hydrogen-bond donors (Lipinski definition) is 1. The fourth-order valence-corrected chi connectivity index (χ4v) is 1.47. The first-order chi connectivity index (χ1) is 5.54. The molecule has 1 aliphatic heterocycles. The minimum atomic E-state index is -0.842. The third-order valence-corrected chi connectivity index (χ3v) is 2.15. The molecule has 68 valence electrons. The van der Waals surface area contributed by atoms with Gasteiger partial charge in [-0.3, -0.25) is 0 Å². The molecule has 0 radical (unpaired) electrons. The number of carboxylic acid groups (broad SMARTS) is 1. The van der Waals surface area contributed by atoms with Gasteiger partial charge in [-0.15, -0.1) is 0 Å². The van der Waals surface area contributed by atoms with E-state index in [4.69, 9.17) is 5.11 Å². The topological polar surface area (TPSA) is 43.8 Å². The van der Waals surface area contributed by atoms with Crippen LogP contribution in [0.2, 0.25) is 0 Å². The summed E-state index contributed by atoms with van der Waals surface area (Å²) in [5.41, 5.74) is 0.414. The minimum absolute atomic E-state index is 0.414. The number of likely N-dealkylation sites (N-methyl/N-ethyl adjacent to an activating group) is 2. The third kappa shape index (κ3) is 1.37. The molecule has 0 bridgehead atoms. The van der Waals surface area contributed by atoms with Crippen molar-refractivity contribution in [3.63, 3.8) is 0 Å². The van der Waals surface area contributed by atoms with Gasteiger partial charge >= 0.3 is 5.97 Å². The van der Waals surface area contributed by atoms with E-state index in [2.05, 4.69) is 0 Å². The molecule has 0 spiro atoms. The summed E-state index contributed by atoms with van der Waals surface area (Å²) in [6.07, 6.45) is 0. The highest BCUT2D eigenvalue weighted by atomic mass is 16.4. The van der Waals surface area contributed by atoms with Crippen molar-refractivity contribution in [3.8, 4) is 0 Å². The zero-order valence-electron chi connectivity index (χ0n) is 7.66. The van der Waals surface area contributed by atoms with E-state index >= 15 is 0 Å². The Morgan fingerprint density at radius 1 is 1.33 bits per heavy atom. The van der Waals surface area contributed by atoms with Crippen molar-refractivity contribution in [3.05, 3.63) is 11.4 Å². The quantitative estimate of drug-likeness (QED) is 0.570.